The maximum absolute atomic E-state index is 11.9. The van der Waals surface area contributed by atoms with Crippen LogP contribution in [-0.4, -0.2) is 42.8 Å². The van der Waals surface area contributed by atoms with E-state index in [1.54, 1.807) is 18.0 Å². The van der Waals surface area contributed by atoms with Crippen molar-refractivity contribution in [2.75, 3.05) is 20.1 Å². The summed E-state index contributed by atoms with van der Waals surface area (Å²) < 4.78 is 0.936. The van der Waals surface area contributed by atoms with Gasteiger partial charge in [-0.25, -0.2) is 0 Å². The molecule has 0 unspecified atom stereocenters. The number of hydrogen-bond acceptors (Lipinski definition) is 4. The Morgan fingerprint density at radius 1 is 1.39 bits per heavy atom. The fraction of sp³-hybridized carbons (Fsp3) is 0.500. The van der Waals surface area contributed by atoms with Gasteiger partial charge in [0.05, 0.1) is 21.8 Å². The number of amides is 1. The monoisotopic (exact) mass is 332 g/mol. The molecule has 0 aromatic carbocycles. The molecule has 0 aliphatic heterocycles. The van der Waals surface area contributed by atoms with Crippen molar-refractivity contribution in [3.63, 3.8) is 0 Å². The minimum atomic E-state index is -0.0624. The Bertz CT molecular complexity index is 431. The average Bonchev–Trinajstić information content (AvgIpc) is 2.62. The third-order valence-corrected chi connectivity index (χ3v) is 3.79. The number of hydrogen-bond donors (Lipinski definition) is 1. The number of rotatable bonds is 6. The van der Waals surface area contributed by atoms with Gasteiger partial charge in [-0.2, -0.15) is 0 Å². The van der Waals surface area contributed by atoms with E-state index in [4.69, 9.17) is 0 Å². The zero-order chi connectivity index (χ0) is 13.7. The van der Waals surface area contributed by atoms with Crippen LogP contribution in [0.1, 0.15) is 23.5 Å². The first kappa shape index (κ1) is 15.3. The zero-order valence-corrected chi connectivity index (χ0v) is 13.1. The summed E-state index contributed by atoms with van der Waals surface area (Å²) in [5.41, 5.74) is 0. The molecule has 0 bridgehead atoms. The van der Waals surface area contributed by atoms with Gasteiger partial charge in [0.2, 0.25) is 5.91 Å². The molecule has 1 amide bonds. The Kier molecular flexibility index (Phi) is 5.98. The molecule has 4 nitrogen and oxygen atoms in total. The van der Waals surface area contributed by atoms with Crippen molar-refractivity contribution in [1.82, 2.24) is 10.2 Å². The molecular weight excluding hydrogens is 316 g/mol. The molecule has 1 rings (SSSR count). The predicted octanol–water partition coefficient (Wildman–Crippen LogP) is 2.15. The third kappa shape index (κ3) is 5.29. The van der Waals surface area contributed by atoms with Gasteiger partial charge < -0.3 is 5.32 Å². The van der Waals surface area contributed by atoms with Crippen molar-refractivity contribution in [2.45, 2.75) is 19.9 Å². The number of halogens is 1. The van der Waals surface area contributed by atoms with Gasteiger partial charge in [-0.3, -0.25) is 14.5 Å². The van der Waals surface area contributed by atoms with Gasteiger partial charge in [0.15, 0.2) is 5.78 Å². The standard InChI is InChI=1S/C12H17BrN2O2S/c1-8(2)14-12(17)7-15(3)6-9(16)10-4-5-11(13)18-10/h4-5,8H,6-7H2,1-3H3,(H,14,17). The molecule has 6 heteroatoms. The molecule has 1 aromatic rings. The summed E-state index contributed by atoms with van der Waals surface area (Å²) in [7, 11) is 1.76. The van der Waals surface area contributed by atoms with Crippen LogP contribution in [0.15, 0.2) is 15.9 Å². The molecule has 0 atom stereocenters. The van der Waals surface area contributed by atoms with E-state index in [2.05, 4.69) is 21.2 Å². The van der Waals surface area contributed by atoms with Gasteiger partial charge in [0.25, 0.3) is 0 Å². The van der Waals surface area contributed by atoms with E-state index in [-0.39, 0.29) is 30.8 Å². The molecule has 1 heterocycles. The Morgan fingerprint density at radius 2 is 2.06 bits per heavy atom. The normalized spacial score (nSPS) is 11.0. The summed E-state index contributed by atoms with van der Waals surface area (Å²) in [6, 6.07) is 3.76. The highest BCUT2D eigenvalue weighted by atomic mass is 79.9. The number of ketones is 1. The van der Waals surface area contributed by atoms with Crippen LogP contribution < -0.4 is 5.32 Å². The largest absolute Gasteiger partial charge is 0.353 e. The number of likely N-dealkylation sites (N-methyl/N-ethyl adjacent to an activating group) is 1. The summed E-state index contributed by atoms with van der Waals surface area (Å²) in [5.74, 6) is -0.0294. The van der Waals surface area contributed by atoms with Crippen LogP contribution in [0.2, 0.25) is 0 Å². The first-order valence-electron chi connectivity index (χ1n) is 5.65. The van der Waals surface area contributed by atoms with Crippen LogP contribution in [0, 0.1) is 0 Å². The second kappa shape index (κ2) is 7.01. The molecule has 0 aliphatic rings. The zero-order valence-electron chi connectivity index (χ0n) is 10.7. The summed E-state index contributed by atoms with van der Waals surface area (Å²) in [6.07, 6.45) is 0. The Balaban J connectivity index is 2.42. The van der Waals surface area contributed by atoms with E-state index in [0.717, 1.165) is 3.79 Å². The Morgan fingerprint density at radius 3 is 2.56 bits per heavy atom. The lowest BCUT2D eigenvalue weighted by atomic mass is 10.3. The van der Waals surface area contributed by atoms with Crippen molar-refractivity contribution >= 4 is 39.0 Å². The Hall–Kier alpha value is -0.720. The maximum Gasteiger partial charge on any atom is 0.234 e. The number of thiophene rings is 1. The molecule has 0 spiro atoms. The van der Waals surface area contributed by atoms with Crippen LogP contribution in [0.5, 0.6) is 0 Å². The smallest absolute Gasteiger partial charge is 0.234 e. The number of nitrogens with zero attached hydrogens (tertiary/aromatic N) is 1. The van der Waals surface area contributed by atoms with Gasteiger partial charge in [0.1, 0.15) is 0 Å². The van der Waals surface area contributed by atoms with Crippen LogP contribution in [0.4, 0.5) is 0 Å². The first-order valence-corrected chi connectivity index (χ1v) is 7.26. The van der Waals surface area contributed by atoms with Gasteiger partial charge in [0, 0.05) is 6.04 Å². The molecule has 1 N–H and O–H groups in total. The van der Waals surface area contributed by atoms with Crippen molar-refractivity contribution in [3.8, 4) is 0 Å². The number of carbonyl (C=O) groups excluding carboxylic acids is 2. The maximum atomic E-state index is 11.9. The lowest BCUT2D eigenvalue weighted by Gasteiger charge is -2.16. The summed E-state index contributed by atoms with van der Waals surface area (Å²) in [4.78, 5) is 25.8. The fourth-order valence-electron chi connectivity index (χ4n) is 1.46. The van der Waals surface area contributed by atoms with Gasteiger partial charge in [-0.15, -0.1) is 11.3 Å². The van der Waals surface area contributed by atoms with Gasteiger partial charge in [-0.05, 0) is 49.0 Å². The van der Waals surface area contributed by atoms with Crippen LogP contribution in [-0.2, 0) is 4.79 Å². The summed E-state index contributed by atoms with van der Waals surface area (Å²) >= 11 is 4.73. The fourth-order valence-corrected chi connectivity index (χ4v) is 2.77. The summed E-state index contributed by atoms with van der Waals surface area (Å²) in [5, 5.41) is 2.79. The van der Waals surface area contributed by atoms with Crippen molar-refractivity contribution in [1.29, 1.82) is 0 Å². The van der Waals surface area contributed by atoms with E-state index < -0.39 is 0 Å². The molecule has 0 radical (unpaired) electrons. The average molecular weight is 333 g/mol. The number of Topliss-reactive ketones (excluding diaryl/α,β-unsaturated/α-hetero) is 1. The van der Waals surface area contributed by atoms with Gasteiger partial charge in [-0.1, -0.05) is 0 Å². The first-order chi connectivity index (χ1) is 8.38. The summed E-state index contributed by atoms with van der Waals surface area (Å²) in [6.45, 7) is 4.30. The second-order valence-corrected chi connectivity index (χ2v) is 6.88. The molecule has 100 valence electrons. The quantitative estimate of drug-likeness (QED) is 0.812. The molecular formula is C12H17BrN2O2S. The van der Waals surface area contributed by atoms with E-state index >= 15 is 0 Å². The highest BCUT2D eigenvalue weighted by Crippen LogP contribution is 2.22. The molecule has 0 saturated carbocycles. The van der Waals surface area contributed by atoms with E-state index in [1.165, 1.54) is 11.3 Å². The van der Waals surface area contributed by atoms with E-state index in [9.17, 15) is 9.59 Å². The number of carbonyl (C=O) groups is 2. The van der Waals surface area contributed by atoms with Gasteiger partial charge >= 0.3 is 0 Å². The lowest BCUT2D eigenvalue weighted by molar-refractivity contribution is -0.122. The lowest BCUT2D eigenvalue weighted by Crippen LogP contribution is -2.40. The molecule has 1 aromatic heterocycles. The molecule has 0 saturated heterocycles. The van der Waals surface area contributed by atoms with Crippen LogP contribution in [0.3, 0.4) is 0 Å². The highest BCUT2D eigenvalue weighted by Gasteiger charge is 2.14. The minimum Gasteiger partial charge on any atom is -0.353 e. The third-order valence-electron chi connectivity index (χ3n) is 2.12. The highest BCUT2D eigenvalue weighted by molar-refractivity contribution is 9.11. The number of nitrogens with one attached hydrogen (secondary N) is 1. The van der Waals surface area contributed by atoms with E-state index in [0.29, 0.717) is 4.88 Å². The van der Waals surface area contributed by atoms with E-state index in [1.807, 2.05) is 19.9 Å². The molecule has 0 fully saturated rings. The SMILES string of the molecule is CC(C)NC(=O)CN(C)CC(=O)c1ccc(Br)s1. The van der Waals surface area contributed by atoms with Crippen molar-refractivity contribution in [2.24, 2.45) is 0 Å². The van der Waals surface area contributed by atoms with Crippen molar-refractivity contribution in [3.05, 3.63) is 20.8 Å². The molecule has 0 aliphatic carbocycles. The molecule has 18 heavy (non-hydrogen) atoms. The van der Waals surface area contributed by atoms with Crippen molar-refractivity contribution < 1.29 is 9.59 Å². The topological polar surface area (TPSA) is 49.4 Å². The predicted molar refractivity (Wildman–Crippen MR) is 77.1 cm³/mol. The Labute approximate surface area is 119 Å². The van der Waals surface area contributed by atoms with Crippen LogP contribution in [0.25, 0.3) is 0 Å². The second-order valence-electron chi connectivity index (χ2n) is 4.42. The van der Waals surface area contributed by atoms with Crippen LogP contribution >= 0.6 is 27.3 Å². The minimum absolute atomic E-state index is 0.0329.